The molecule has 0 aliphatic rings. The Labute approximate surface area is 105 Å². The van der Waals surface area contributed by atoms with Gasteiger partial charge in [0.1, 0.15) is 18.5 Å². The Kier molecular flexibility index (Phi) is 3.08. The van der Waals surface area contributed by atoms with E-state index in [4.69, 9.17) is 0 Å². The fraction of sp³-hybridized carbons (Fsp3) is 0.444. The smallest absolute Gasteiger partial charge is 0.243 e. The number of alkyl halides is 3. The second kappa shape index (κ2) is 4.44. The van der Waals surface area contributed by atoms with Crippen LogP contribution in [-0.4, -0.2) is 35.6 Å². The summed E-state index contributed by atoms with van der Waals surface area (Å²) in [4.78, 5) is 18.8. The molecule has 0 atom stereocenters. The molecule has 102 valence electrons. The Balaban J connectivity index is 2.50. The molecule has 0 bridgehead atoms. The molecule has 0 saturated heterocycles. The number of halogens is 3. The van der Waals surface area contributed by atoms with Gasteiger partial charge in [0.05, 0.1) is 0 Å². The molecule has 0 aromatic carbocycles. The molecule has 0 fully saturated rings. The lowest BCUT2D eigenvalue weighted by molar-refractivity contribution is -0.144. The third kappa shape index (κ3) is 2.46. The normalized spacial score (nSPS) is 12.1. The quantitative estimate of drug-likeness (QED) is 0.788. The number of aromatic nitrogens is 6. The number of nitrogens with zero attached hydrogens (tertiary/aromatic N) is 6. The number of rotatable bonds is 1. The first-order valence-electron chi connectivity index (χ1n) is 5.24. The first-order chi connectivity index (χ1) is 8.80. The summed E-state index contributed by atoms with van der Waals surface area (Å²) in [5.74, 6) is -1.85. The lowest BCUT2D eigenvalue weighted by Gasteiger charge is -2.05. The van der Waals surface area contributed by atoms with E-state index < -0.39 is 23.9 Å². The summed E-state index contributed by atoms with van der Waals surface area (Å²) in [5.41, 5.74) is 0. The molecule has 0 amide bonds. The van der Waals surface area contributed by atoms with Crippen LogP contribution in [0.3, 0.4) is 0 Å². The number of hydrogen-bond acceptors (Lipinski definition) is 5. The van der Waals surface area contributed by atoms with Gasteiger partial charge in [0.2, 0.25) is 0 Å². The van der Waals surface area contributed by atoms with Crippen LogP contribution in [0.5, 0.6) is 0 Å². The summed E-state index contributed by atoms with van der Waals surface area (Å²) in [7, 11) is 0. The number of carbonyl (C=O) groups excluding carboxylic acids is 1. The second-order valence-electron chi connectivity index (χ2n) is 3.98. The molecule has 2 rings (SSSR count). The molecule has 0 saturated carbocycles. The third-order valence-electron chi connectivity index (χ3n) is 2.20. The Morgan fingerprint density at radius 1 is 1.37 bits per heavy atom. The summed E-state index contributed by atoms with van der Waals surface area (Å²) < 4.78 is 39.1. The summed E-state index contributed by atoms with van der Waals surface area (Å²) >= 11 is 0. The van der Waals surface area contributed by atoms with Crippen molar-refractivity contribution in [2.75, 3.05) is 0 Å². The van der Waals surface area contributed by atoms with Crippen LogP contribution in [0.2, 0.25) is 0 Å². The van der Waals surface area contributed by atoms with Crippen LogP contribution in [0.25, 0.3) is 0 Å². The zero-order chi connectivity index (χ0) is 14.2. The highest BCUT2D eigenvalue weighted by Gasteiger charge is 2.38. The van der Waals surface area contributed by atoms with Crippen molar-refractivity contribution < 1.29 is 18.0 Å². The fourth-order valence-electron chi connectivity index (χ4n) is 1.36. The lowest BCUT2D eigenvalue weighted by atomic mass is 10.2. The van der Waals surface area contributed by atoms with Crippen LogP contribution in [0.15, 0.2) is 12.7 Å². The van der Waals surface area contributed by atoms with E-state index in [1.165, 1.54) is 0 Å². The van der Waals surface area contributed by atoms with Gasteiger partial charge in [-0.05, 0) is 0 Å². The minimum atomic E-state index is -4.71. The van der Waals surface area contributed by atoms with Gasteiger partial charge in [-0.15, -0.1) is 5.10 Å². The van der Waals surface area contributed by atoms with E-state index in [0.717, 1.165) is 17.3 Å². The highest BCUT2D eigenvalue weighted by atomic mass is 19.4. The Morgan fingerprint density at radius 3 is 2.53 bits per heavy atom. The van der Waals surface area contributed by atoms with Gasteiger partial charge in [0.25, 0.3) is 5.82 Å². The van der Waals surface area contributed by atoms with Crippen molar-refractivity contribution in [2.45, 2.75) is 25.9 Å². The van der Waals surface area contributed by atoms with E-state index >= 15 is 0 Å². The highest BCUT2D eigenvalue weighted by molar-refractivity contribution is 5.77. The van der Waals surface area contributed by atoms with Gasteiger partial charge in [0.15, 0.2) is 0 Å². The van der Waals surface area contributed by atoms with Crippen molar-refractivity contribution in [2.24, 2.45) is 0 Å². The maximum atomic E-state index is 12.6. The molecular formula is C9H9F3N6O. The Bertz CT molecular complexity index is 586. The molecular weight excluding hydrogens is 265 g/mol. The first kappa shape index (κ1) is 13.2. The predicted octanol–water partition coefficient (Wildman–Crippen LogP) is 1.53. The minimum Gasteiger partial charge on any atom is -0.243 e. The second-order valence-corrected chi connectivity index (χ2v) is 3.98. The van der Waals surface area contributed by atoms with Gasteiger partial charge in [-0.25, -0.2) is 14.8 Å². The molecule has 7 nitrogen and oxygen atoms in total. The average molecular weight is 274 g/mol. The molecule has 2 aromatic heterocycles. The maximum Gasteiger partial charge on any atom is 0.453 e. The first-order valence-corrected chi connectivity index (χ1v) is 5.24. The summed E-state index contributed by atoms with van der Waals surface area (Å²) in [6.45, 7) is 3.21. The topological polar surface area (TPSA) is 78.5 Å². The van der Waals surface area contributed by atoms with Crippen molar-refractivity contribution in [3.8, 4) is 0 Å². The highest BCUT2D eigenvalue weighted by Crippen LogP contribution is 2.27. The standard InChI is InChI=1S/C9H9F3N6O/c1-5(2)6-15-7(9(10,11)12)16-18(6)8(19)17-4-13-3-14-17/h3-5H,1-2H3. The van der Waals surface area contributed by atoms with Crippen molar-refractivity contribution >= 4 is 6.03 Å². The summed E-state index contributed by atoms with van der Waals surface area (Å²) in [5, 5.41) is 6.75. The van der Waals surface area contributed by atoms with Crippen LogP contribution in [0.1, 0.15) is 31.4 Å². The number of carbonyl (C=O) groups is 1. The van der Waals surface area contributed by atoms with Gasteiger partial charge in [-0.1, -0.05) is 13.8 Å². The van der Waals surface area contributed by atoms with E-state index in [2.05, 4.69) is 20.2 Å². The third-order valence-corrected chi connectivity index (χ3v) is 2.20. The van der Waals surface area contributed by atoms with E-state index in [0.29, 0.717) is 4.68 Å². The van der Waals surface area contributed by atoms with Gasteiger partial charge < -0.3 is 0 Å². The molecule has 0 radical (unpaired) electrons. The van der Waals surface area contributed by atoms with Crippen molar-refractivity contribution in [1.29, 1.82) is 0 Å². The van der Waals surface area contributed by atoms with Crippen molar-refractivity contribution in [1.82, 2.24) is 29.5 Å². The van der Waals surface area contributed by atoms with E-state index in [1.54, 1.807) is 13.8 Å². The fourth-order valence-corrected chi connectivity index (χ4v) is 1.36. The van der Waals surface area contributed by atoms with Crippen LogP contribution in [-0.2, 0) is 6.18 Å². The molecule has 0 aliphatic carbocycles. The van der Waals surface area contributed by atoms with Gasteiger partial charge in [-0.3, -0.25) is 0 Å². The molecule has 2 aromatic rings. The van der Waals surface area contributed by atoms with Crippen LogP contribution in [0.4, 0.5) is 18.0 Å². The molecule has 0 unspecified atom stereocenters. The van der Waals surface area contributed by atoms with Crippen molar-refractivity contribution in [3.05, 3.63) is 24.3 Å². The Hall–Kier alpha value is -2.26. The zero-order valence-electron chi connectivity index (χ0n) is 9.96. The van der Waals surface area contributed by atoms with Gasteiger partial charge in [0, 0.05) is 5.92 Å². The van der Waals surface area contributed by atoms with Crippen LogP contribution in [0, 0.1) is 0 Å². The summed E-state index contributed by atoms with van der Waals surface area (Å²) in [6.07, 6.45) is -2.55. The van der Waals surface area contributed by atoms with Crippen molar-refractivity contribution in [3.63, 3.8) is 0 Å². The van der Waals surface area contributed by atoms with E-state index in [9.17, 15) is 18.0 Å². The lowest BCUT2D eigenvalue weighted by Crippen LogP contribution is -2.24. The largest absolute Gasteiger partial charge is 0.453 e. The molecule has 2 heterocycles. The molecule has 0 spiro atoms. The number of hydrogen-bond donors (Lipinski definition) is 0. The maximum absolute atomic E-state index is 12.6. The Morgan fingerprint density at radius 2 is 2.05 bits per heavy atom. The monoisotopic (exact) mass is 274 g/mol. The summed E-state index contributed by atoms with van der Waals surface area (Å²) in [6, 6.07) is -0.871. The van der Waals surface area contributed by atoms with Crippen LogP contribution >= 0.6 is 0 Å². The molecule has 10 heteroatoms. The van der Waals surface area contributed by atoms with Gasteiger partial charge >= 0.3 is 12.2 Å². The predicted molar refractivity (Wildman–Crippen MR) is 55.3 cm³/mol. The SMILES string of the molecule is CC(C)c1nc(C(F)(F)F)nn1C(=O)n1cncn1. The molecule has 19 heavy (non-hydrogen) atoms. The van der Waals surface area contributed by atoms with Crippen LogP contribution < -0.4 is 0 Å². The van der Waals surface area contributed by atoms with E-state index in [-0.39, 0.29) is 5.82 Å². The average Bonchev–Trinajstić information content (AvgIpc) is 2.96. The van der Waals surface area contributed by atoms with Gasteiger partial charge in [-0.2, -0.15) is 27.6 Å². The molecule has 0 N–H and O–H groups in total. The molecule has 0 aliphatic heterocycles. The zero-order valence-corrected chi connectivity index (χ0v) is 9.96. The van der Waals surface area contributed by atoms with E-state index in [1.807, 2.05) is 0 Å². The minimum absolute atomic E-state index is 0.0900.